The zero-order chi connectivity index (χ0) is 16.3. The fraction of sp³-hybridized carbons (Fsp3) is 0.529. The fourth-order valence-electron chi connectivity index (χ4n) is 3.07. The lowest BCUT2D eigenvalue weighted by molar-refractivity contribution is -0.145. The van der Waals surface area contributed by atoms with Crippen LogP contribution in [0, 0.1) is 11.8 Å². The Bertz CT molecular complexity index is 572. The number of nitrogens with two attached hydrogens (primary N) is 1. The Morgan fingerprint density at radius 1 is 1.27 bits per heavy atom. The van der Waals surface area contributed by atoms with Crippen molar-refractivity contribution in [2.75, 3.05) is 0 Å². The Balaban J connectivity index is 2.05. The van der Waals surface area contributed by atoms with Crippen LogP contribution in [0.3, 0.4) is 0 Å². The van der Waals surface area contributed by atoms with Crippen LogP contribution in [0.1, 0.15) is 37.3 Å². The fourth-order valence-corrected chi connectivity index (χ4v) is 3.07. The van der Waals surface area contributed by atoms with Gasteiger partial charge in [-0.05, 0) is 36.8 Å². The topological polar surface area (TPSA) is 101 Å². The van der Waals surface area contributed by atoms with Crippen LogP contribution in [-0.2, 0) is 22.4 Å². The third-order valence-electron chi connectivity index (χ3n) is 4.52. The van der Waals surface area contributed by atoms with Gasteiger partial charge in [-0.25, -0.2) is 0 Å². The lowest BCUT2D eigenvalue weighted by atomic mass is 9.86. The SMILES string of the molecule is CCCc1cccc(CC[C@](N)(C(=O)O)C2C[C@@H]2C(=O)O)c1. The van der Waals surface area contributed by atoms with E-state index in [1.807, 2.05) is 12.1 Å². The molecule has 0 bridgehead atoms. The van der Waals surface area contributed by atoms with Crippen molar-refractivity contribution in [3.8, 4) is 0 Å². The summed E-state index contributed by atoms with van der Waals surface area (Å²) in [5, 5.41) is 18.4. The molecule has 0 amide bonds. The van der Waals surface area contributed by atoms with Crippen LogP contribution >= 0.6 is 0 Å². The maximum atomic E-state index is 11.5. The molecular weight excluding hydrogens is 282 g/mol. The third-order valence-corrected chi connectivity index (χ3v) is 4.52. The highest BCUT2D eigenvalue weighted by Crippen LogP contribution is 2.47. The van der Waals surface area contributed by atoms with Gasteiger partial charge in [-0.2, -0.15) is 0 Å². The molecule has 5 heteroatoms. The predicted molar refractivity (Wildman–Crippen MR) is 82.5 cm³/mol. The molecule has 1 unspecified atom stereocenters. The minimum Gasteiger partial charge on any atom is -0.481 e. The number of aryl methyl sites for hydroxylation is 2. The summed E-state index contributed by atoms with van der Waals surface area (Å²) in [5.74, 6) is -3.15. The Labute approximate surface area is 130 Å². The molecule has 0 aliphatic heterocycles. The maximum absolute atomic E-state index is 11.5. The van der Waals surface area contributed by atoms with E-state index in [-0.39, 0.29) is 6.42 Å². The highest BCUT2D eigenvalue weighted by Gasteiger charge is 2.57. The van der Waals surface area contributed by atoms with Crippen molar-refractivity contribution in [2.24, 2.45) is 17.6 Å². The first kappa shape index (κ1) is 16.5. The van der Waals surface area contributed by atoms with Crippen molar-refractivity contribution in [3.05, 3.63) is 35.4 Å². The van der Waals surface area contributed by atoms with E-state index < -0.39 is 29.3 Å². The van der Waals surface area contributed by atoms with Crippen molar-refractivity contribution in [1.82, 2.24) is 0 Å². The first-order valence-corrected chi connectivity index (χ1v) is 7.71. The first-order valence-electron chi connectivity index (χ1n) is 7.71. The number of carbonyl (C=O) groups is 2. The monoisotopic (exact) mass is 305 g/mol. The molecule has 1 saturated carbocycles. The van der Waals surface area contributed by atoms with E-state index >= 15 is 0 Å². The van der Waals surface area contributed by atoms with Crippen molar-refractivity contribution in [2.45, 2.75) is 44.6 Å². The molecule has 0 aromatic heterocycles. The van der Waals surface area contributed by atoms with Gasteiger partial charge in [-0.3, -0.25) is 9.59 Å². The van der Waals surface area contributed by atoms with Gasteiger partial charge in [0.15, 0.2) is 0 Å². The summed E-state index contributed by atoms with van der Waals surface area (Å²) in [6, 6.07) is 8.06. The Morgan fingerprint density at radius 3 is 2.41 bits per heavy atom. The Hall–Kier alpha value is -1.88. The van der Waals surface area contributed by atoms with Crippen LogP contribution < -0.4 is 5.73 Å². The smallest absolute Gasteiger partial charge is 0.324 e. The molecule has 3 atom stereocenters. The van der Waals surface area contributed by atoms with Crippen molar-refractivity contribution >= 4 is 11.9 Å². The number of rotatable bonds is 8. The summed E-state index contributed by atoms with van der Waals surface area (Å²) in [6.07, 6.45) is 3.20. The van der Waals surface area contributed by atoms with Gasteiger partial charge in [-0.1, -0.05) is 37.6 Å². The standard InChI is InChI=1S/C17H23NO4/c1-2-4-11-5-3-6-12(9-11)7-8-17(18,16(21)22)14-10-13(14)15(19)20/h3,5-6,9,13-14H,2,4,7-8,10,18H2,1H3,(H,19,20)(H,21,22)/t13-,14?,17+/m0/s1. The summed E-state index contributed by atoms with van der Waals surface area (Å²) >= 11 is 0. The number of hydrogen-bond acceptors (Lipinski definition) is 3. The minimum atomic E-state index is -1.45. The third kappa shape index (κ3) is 3.47. The van der Waals surface area contributed by atoms with E-state index in [1.165, 1.54) is 5.56 Å². The molecule has 1 aliphatic carbocycles. The van der Waals surface area contributed by atoms with Gasteiger partial charge in [-0.15, -0.1) is 0 Å². The molecule has 0 saturated heterocycles. The maximum Gasteiger partial charge on any atom is 0.324 e. The van der Waals surface area contributed by atoms with Crippen molar-refractivity contribution in [1.29, 1.82) is 0 Å². The molecule has 22 heavy (non-hydrogen) atoms. The van der Waals surface area contributed by atoms with Crippen LogP contribution in [-0.4, -0.2) is 27.7 Å². The summed E-state index contributed by atoms with van der Waals surface area (Å²) in [4.78, 5) is 22.5. The first-order chi connectivity index (χ1) is 10.4. The van der Waals surface area contributed by atoms with Gasteiger partial charge in [0, 0.05) is 5.92 Å². The molecule has 1 aliphatic rings. The summed E-state index contributed by atoms with van der Waals surface area (Å²) in [5.41, 5.74) is 6.88. The lowest BCUT2D eigenvalue weighted by Gasteiger charge is -2.25. The van der Waals surface area contributed by atoms with Gasteiger partial charge < -0.3 is 15.9 Å². The molecule has 0 heterocycles. The summed E-state index contributed by atoms with van der Waals surface area (Å²) in [7, 11) is 0. The van der Waals surface area contributed by atoms with Crippen molar-refractivity contribution in [3.63, 3.8) is 0 Å². The number of carboxylic acid groups (broad SMARTS) is 2. The average molecular weight is 305 g/mol. The van der Waals surface area contributed by atoms with E-state index in [0.717, 1.165) is 18.4 Å². The molecule has 1 aromatic rings. The minimum absolute atomic E-state index is 0.256. The summed E-state index contributed by atoms with van der Waals surface area (Å²) < 4.78 is 0. The average Bonchev–Trinajstić information content (AvgIpc) is 3.26. The molecule has 1 aromatic carbocycles. The highest BCUT2D eigenvalue weighted by atomic mass is 16.4. The van der Waals surface area contributed by atoms with Crippen LogP contribution in [0.25, 0.3) is 0 Å². The number of carboxylic acids is 2. The summed E-state index contributed by atoms with van der Waals surface area (Å²) in [6.45, 7) is 2.11. The second-order valence-electron chi connectivity index (χ2n) is 6.20. The zero-order valence-corrected chi connectivity index (χ0v) is 12.8. The van der Waals surface area contributed by atoms with E-state index in [2.05, 4.69) is 19.1 Å². The van der Waals surface area contributed by atoms with Gasteiger partial charge in [0.1, 0.15) is 5.54 Å². The second-order valence-corrected chi connectivity index (χ2v) is 6.20. The molecule has 120 valence electrons. The van der Waals surface area contributed by atoms with Gasteiger partial charge in [0.2, 0.25) is 0 Å². The predicted octanol–water partition coefficient (Wildman–Crippen LogP) is 2.07. The molecule has 5 nitrogen and oxygen atoms in total. The van der Waals surface area contributed by atoms with E-state index in [1.54, 1.807) is 0 Å². The zero-order valence-electron chi connectivity index (χ0n) is 12.8. The number of aliphatic carboxylic acids is 2. The molecule has 4 N–H and O–H groups in total. The van der Waals surface area contributed by atoms with Crippen LogP contribution in [0.5, 0.6) is 0 Å². The molecule has 0 radical (unpaired) electrons. The number of hydrogen-bond donors (Lipinski definition) is 3. The van der Waals surface area contributed by atoms with Crippen LogP contribution in [0.15, 0.2) is 24.3 Å². The van der Waals surface area contributed by atoms with Crippen LogP contribution in [0.4, 0.5) is 0 Å². The van der Waals surface area contributed by atoms with Crippen molar-refractivity contribution < 1.29 is 19.8 Å². The van der Waals surface area contributed by atoms with E-state index in [4.69, 9.17) is 10.8 Å². The quantitative estimate of drug-likeness (QED) is 0.682. The normalized spacial score (nSPS) is 22.8. The van der Waals surface area contributed by atoms with Crippen LogP contribution in [0.2, 0.25) is 0 Å². The molecular formula is C17H23NO4. The van der Waals surface area contributed by atoms with Gasteiger partial charge in [0.05, 0.1) is 5.92 Å². The largest absolute Gasteiger partial charge is 0.481 e. The van der Waals surface area contributed by atoms with E-state index in [0.29, 0.717) is 12.8 Å². The molecule has 2 rings (SSSR count). The lowest BCUT2D eigenvalue weighted by Crippen LogP contribution is -2.51. The molecule has 1 fully saturated rings. The number of benzene rings is 1. The Kier molecular flexibility index (Phi) is 4.86. The van der Waals surface area contributed by atoms with Gasteiger partial charge >= 0.3 is 11.9 Å². The van der Waals surface area contributed by atoms with Gasteiger partial charge in [0.25, 0.3) is 0 Å². The Morgan fingerprint density at radius 2 is 1.91 bits per heavy atom. The van der Waals surface area contributed by atoms with E-state index in [9.17, 15) is 14.7 Å². The molecule has 0 spiro atoms. The highest BCUT2D eigenvalue weighted by molar-refractivity contribution is 5.83. The second kappa shape index (κ2) is 6.48.